The van der Waals surface area contributed by atoms with E-state index in [1.165, 1.54) is 42.8 Å². The Morgan fingerprint density at radius 3 is 2.40 bits per heavy atom. The second-order valence-electron chi connectivity index (χ2n) is 9.71. The van der Waals surface area contributed by atoms with Gasteiger partial charge in [0.1, 0.15) is 18.1 Å². The third kappa shape index (κ3) is 8.05. The molecule has 0 spiro atoms. The quantitative estimate of drug-likeness (QED) is 0.157. The minimum absolute atomic E-state index is 0.0586. The topological polar surface area (TPSA) is 112 Å². The van der Waals surface area contributed by atoms with E-state index in [4.69, 9.17) is 32.6 Å². The van der Waals surface area contributed by atoms with Gasteiger partial charge in [0, 0.05) is 41.9 Å². The number of carbonyl (C=O) groups excluding carboxylic acids is 1. The Morgan fingerprint density at radius 1 is 1.02 bits per heavy atom. The average Bonchev–Trinajstić information content (AvgIpc) is 2.98. The summed E-state index contributed by atoms with van der Waals surface area (Å²) >= 11 is 5.50. The van der Waals surface area contributed by atoms with Crippen LogP contribution >= 0.6 is 11.6 Å². The van der Waals surface area contributed by atoms with Crippen molar-refractivity contribution in [2.45, 2.75) is 25.4 Å². The van der Waals surface area contributed by atoms with E-state index in [1.54, 1.807) is 0 Å². The number of likely N-dealkylation sites (tertiary alicyclic amines) is 1. The first-order chi connectivity index (χ1) is 19.4. The molecule has 1 saturated heterocycles. The number of primary amides is 1. The first-order valence-corrected chi connectivity index (χ1v) is 13.8. The summed E-state index contributed by atoms with van der Waals surface area (Å²) < 4.78 is 6.06. The zero-order valence-corrected chi connectivity index (χ0v) is 23.1. The highest BCUT2D eigenvalue weighted by Crippen LogP contribution is 2.28. The number of nitrogens with zero attached hydrogens (tertiary/aromatic N) is 1. The molecule has 40 heavy (non-hydrogen) atoms. The molecule has 208 valence electrons. The van der Waals surface area contributed by atoms with Crippen molar-refractivity contribution in [1.82, 2.24) is 10.2 Å². The van der Waals surface area contributed by atoms with E-state index in [9.17, 15) is 4.79 Å². The predicted octanol–water partition coefficient (Wildman–Crippen LogP) is 5.61. The van der Waals surface area contributed by atoms with Crippen LogP contribution in [0.5, 0.6) is 11.5 Å². The van der Waals surface area contributed by atoms with Crippen LogP contribution in [-0.4, -0.2) is 54.4 Å². The second kappa shape index (κ2) is 14.5. The lowest BCUT2D eigenvalue weighted by Crippen LogP contribution is -2.43. The Bertz CT molecular complexity index is 1420. The van der Waals surface area contributed by atoms with Crippen LogP contribution < -0.4 is 15.8 Å². The molecular weight excluding hydrogens is 524 g/mol. The number of nitrogens with one attached hydrogen (secondary N) is 2. The van der Waals surface area contributed by atoms with Gasteiger partial charge in [-0.05, 0) is 67.2 Å². The minimum atomic E-state index is -0.563. The zero-order chi connectivity index (χ0) is 28.3. The fraction of sp³-hybridized carbons (Fsp3) is 0.250. The van der Waals surface area contributed by atoms with Gasteiger partial charge in [0.05, 0.1) is 5.02 Å². The largest absolute Gasteiger partial charge is 0.506 e. The van der Waals surface area contributed by atoms with E-state index in [0.29, 0.717) is 12.6 Å². The number of piperidine rings is 1. The molecule has 0 bridgehead atoms. The van der Waals surface area contributed by atoms with E-state index in [1.807, 2.05) is 30.3 Å². The Morgan fingerprint density at radius 2 is 1.73 bits per heavy atom. The average molecular weight is 559 g/mol. The van der Waals surface area contributed by atoms with Crippen molar-refractivity contribution in [1.29, 1.82) is 5.41 Å². The standard InChI is InChI=1S/C25H29N3O.C7H6ClNO2/c26-18-21-10-11-25(24-9-5-4-8-23(21)24)29-17-14-27-22-12-15-28(16-13-22)19-20-6-2-1-3-7-20;8-5-3-4(7(9)11)1-2-6(5)10/h1-11,18,22,26-27H,12-17,19H2;1-3,10H,(H2,9,11). The number of rotatable bonds is 9. The van der Waals surface area contributed by atoms with Crippen LogP contribution in [0.2, 0.25) is 5.02 Å². The molecule has 5 rings (SSSR count). The second-order valence-corrected chi connectivity index (χ2v) is 10.1. The van der Waals surface area contributed by atoms with Crippen molar-refractivity contribution < 1.29 is 14.6 Å². The molecule has 0 aliphatic carbocycles. The number of ether oxygens (including phenoxy) is 1. The molecule has 0 atom stereocenters. The number of hydrogen-bond donors (Lipinski definition) is 4. The van der Waals surface area contributed by atoms with Gasteiger partial charge in [-0.2, -0.15) is 0 Å². The predicted molar refractivity (Wildman–Crippen MR) is 162 cm³/mol. The van der Waals surface area contributed by atoms with E-state index in [-0.39, 0.29) is 16.3 Å². The van der Waals surface area contributed by atoms with Gasteiger partial charge in [0.15, 0.2) is 0 Å². The lowest BCUT2D eigenvalue weighted by molar-refractivity contribution is 0.100. The summed E-state index contributed by atoms with van der Waals surface area (Å²) in [5.41, 5.74) is 7.56. The van der Waals surface area contributed by atoms with Crippen LogP contribution in [0.25, 0.3) is 10.8 Å². The Labute approximate surface area is 240 Å². The van der Waals surface area contributed by atoms with Gasteiger partial charge in [-0.25, -0.2) is 0 Å². The van der Waals surface area contributed by atoms with Crippen molar-refractivity contribution in [2.75, 3.05) is 26.2 Å². The number of nitrogens with two attached hydrogens (primary N) is 1. The Balaban J connectivity index is 0.000000283. The number of halogens is 1. The fourth-order valence-electron chi connectivity index (χ4n) is 4.77. The monoisotopic (exact) mass is 558 g/mol. The molecule has 5 N–H and O–H groups in total. The molecule has 4 aromatic carbocycles. The smallest absolute Gasteiger partial charge is 0.248 e. The molecule has 1 aliphatic heterocycles. The molecule has 8 heteroatoms. The van der Waals surface area contributed by atoms with Crippen LogP contribution in [-0.2, 0) is 6.54 Å². The molecule has 0 saturated carbocycles. The van der Waals surface area contributed by atoms with Gasteiger partial charge in [0.25, 0.3) is 0 Å². The molecule has 7 nitrogen and oxygen atoms in total. The number of fused-ring (bicyclic) bond motifs is 1. The molecule has 1 aliphatic rings. The highest BCUT2D eigenvalue weighted by molar-refractivity contribution is 6.32. The molecule has 4 aromatic rings. The van der Waals surface area contributed by atoms with Crippen LogP contribution in [0, 0.1) is 5.41 Å². The van der Waals surface area contributed by atoms with E-state index in [2.05, 4.69) is 46.6 Å². The van der Waals surface area contributed by atoms with Gasteiger partial charge in [-0.1, -0.05) is 66.2 Å². The Kier molecular flexibility index (Phi) is 10.5. The van der Waals surface area contributed by atoms with E-state index >= 15 is 0 Å². The van der Waals surface area contributed by atoms with Gasteiger partial charge in [-0.15, -0.1) is 0 Å². The van der Waals surface area contributed by atoms with Crippen LogP contribution in [0.15, 0.2) is 84.9 Å². The van der Waals surface area contributed by atoms with Crippen LogP contribution in [0.4, 0.5) is 0 Å². The highest BCUT2D eigenvalue weighted by Gasteiger charge is 2.18. The van der Waals surface area contributed by atoms with Crippen molar-refractivity contribution in [3.05, 3.63) is 107 Å². The van der Waals surface area contributed by atoms with Crippen molar-refractivity contribution in [2.24, 2.45) is 5.73 Å². The first kappa shape index (κ1) is 29.1. The molecular formula is C32H35ClN4O3. The summed E-state index contributed by atoms with van der Waals surface area (Å²) in [6.45, 7) is 4.84. The Hall–Kier alpha value is -3.91. The summed E-state index contributed by atoms with van der Waals surface area (Å²) in [6.07, 6.45) is 3.77. The highest BCUT2D eigenvalue weighted by atomic mass is 35.5. The van der Waals surface area contributed by atoms with Gasteiger partial charge in [0.2, 0.25) is 5.91 Å². The summed E-state index contributed by atoms with van der Waals surface area (Å²) in [7, 11) is 0. The van der Waals surface area contributed by atoms with Crippen LogP contribution in [0.3, 0.4) is 0 Å². The molecule has 0 unspecified atom stereocenters. The first-order valence-electron chi connectivity index (χ1n) is 13.4. The van der Waals surface area contributed by atoms with Crippen molar-refractivity contribution >= 4 is 34.5 Å². The number of benzene rings is 4. The zero-order valence-electron chi connectivity index (χ0n) is 22.4. The number of aromatic hydroxyl groups is 1. The summed E-state index contributed by atoms with van der Waals surface area (Å²) in [4.78, 5) is 13.1. The maximum Gasteiger partial charge on any atom is 0.248 e. The van der Waals surface area contributed by atoms with E-state index in [0.717, 1.165) is 48.3 Å². The number of amides is 1. The number of carbonyl (C=O) groups is 1. The van der Waals surface area contributed by atoms with Crippen molar-refractivity contribution in [3.63, 3.8) is 0 Å². The third-order valence-corrected chi connectivity index (χ3v) is 7.24. The summed E-state index contributed by atoms with van der Waals surface area (Å²) in [6, 6.07) is 27.4. The van der Waals surface area contributed by atoms with Gasteiger partial charge >= 0.3 is 0 Å². The fourth-order valence-corrected chi connectivity index (χ4v) is 4.95. The number of phenolic OH excluding ortho intramolecular Hbond substituents is 1. The van der Waals surface area contributed by atoms with E-state index < -0.39 is 5.91 Å². The normalized spacial score (nSPS) is 13.8. The SMILES string of the molecule is N=Cc1ccc(OCCNC2CCN(Cc3ccccc3)CC2)c2ccccc12.NC(=O)c1ccc(O)c(Cl)c1. The lowest BCUT2D eigenvalue weighted by atomic mass is 10.0. The molecule has 1 amide bonds. The minimum Gasteiger partial charge on any atom is -0.506 e. The maximum absolute atomic E-state index is 10.5. The maximum atomic E-state index is 10.5. The molecule has 0 aromatic heterocycles. The summed E-state index contributed by atoms with van der Waals surface area (Å²) in [5.74, 6) is 0.272. The molecule has 1 fully saturated rings. The summed E-state index contributed by atoms with van der Waals surface area (Å²) in [5, 5.41) is 22.4. The molecule has 1 heterocycles. The van der Waals surface area contributed by atoms with Crippen LogP contribution in [0.1, 0.15) is 34.3 Å². The van der Waals surface area contributed by atoms with Gasteiger partial charge in [-0.3, -0.25) is 9.69 Å². The van der Waals surface area contributed by atoms with Gasteiger partial charge < -0.3 is 26.3 Å². The number of hydrogen-bond acceptors (Lipinski definition) is 6. The number of phenols is 1. The third-order valence-electron chi connectivity index (χ3n) is 6.93. The van der Waals surface area contributed by atoms with Crippen molar-refractivity contribution in [3.8, 4) is 11.5 Å². The lowest BCUT2D eigenvalue weighted by Gasteiger charge is -2.32. The molecule has 0 radical (unpaired) electrons.